The number of rotatable bonds is 6. The predicted octanol–water partition coefficient (Wildman–Crippen LogP) is 3.17. The summed E-state index contributed by atoms with van der Waals surface area (Å²) in [5.41, 5.74) is 1.24. The molecule has 92 valence electrons. The van der Waals surface area contributed by atoms with Crippen LogP contribution < -0.4 is 5.32 Å². The lowest BCUT2D eigenvalue weighted by molar-refractivity contribution is -0.118. The van der Waals surface area contributed by atoms with Crippen LogP contribution >= 0.6 is 11.8 Å². The number of amides is 1. The Morgan fingerprint density at radius 3 is 2.71 bits per heavy atom. The minimum Gasteiger partial charge on any atom is -0.355 e. The van der Waals surface area contributed by atoms with Crippen LogP contribution in [0.3, 0.4) is 0 Å². The van der Waals surface area contributed by atoms with Crippen molar-refractivity contribution in [1.29, 1.82) is 0 Å². The molecule has 1 amide bonds. The Kier molecular flexibility index (Phi) is 6.48. The molecule has 0 heterocycles. The second-order valence-electron chi connectivity index (χ2n) is 3.81. The van der Waals surface area contributed by atoms with E-state index in [-0.39, 0.29) is 5.91 Å². The Hall–Kier alpha value is -1.22. The van der Waals surface area contributed by atoms with Gasteiger partial charge < -0.3 is 5.32 Å². The van der Waals surface area contributed by atoms with Gasteiger partial charge in [-0.25, -0.2) is 0 Å². The molecule has 2 nitrogen and oxygen atoms in total. The quantitative estimate of drug-likeness (QED) is 0.476. The highest BCUT2D eigenvalue weighted by atomic mass is 32.2. The molecule has 1 aromatic carbocycles. The summed E-state index contributed by atoms with van der Waals surface area (Å²) in [7, 11) is 0. The molecule has 0 fully saturated rings. The van der Waals surface area contributed by atoms with E-state index in [2.05, 4.69) is 24.4 Å². The van der Waals surface area contributed by atoms with E-state index in [4.69, 9.17) is 0 Å². The predicted molar refractivity (Wildman–Crippen MR) is 74.3 cm³/mol. The monoisotopic (exact) mass is 249 g/mol. The van der Waals surface area contributed by atoms with Crippen molar-refractivity contribution in [2.75, 3.05) is 12.3 Å². The Bertz CT molecular complexity index is 370. The third kappa shape index (κ3) is 6.17. The van der Waals surface area contributed by atoms with Gasteiger partial charge in [0.1, 0.15) is 0 Å². The van der Waals surface area contributed by atoms with E-state index >= 15 is 0 Å². The number of carbonyl (C=O) groups excluding carboxylic acids is 1. The van der Waals surface area contributed by atoms with Crippen LogP contribution in [0.5, 0.6) is 0 Å². The van der Waals surface area contributed by atoms with Crippen LogP contribution in [0.25, 0.3) is 0 Å². The van der Waals surface area contributed by atoms with Gasteiger partial charge in [-0.15, -0.1) is 11.8 Å². The third-order valence-electron chi connectivity index (χ3n) is 2.26. The van der Waals surface area contributed by atoms with Gasteiger partial charge in [0, 0.05) is 11.4 Å². The molecule has 0 atom stereocenters. The first-order valence-corrected chi connectivity index (χ1v) is 6.78. The molecule has 1 N–H and O–H groups in total. The number of hydrogen-bond donors (Lipinski definition) is 1. The van der Waals surface area contributed by atoms with Gasteiger partial charge in [0.25, 0.3) is 0 Å². The Balaban J connectivity index is 2.21. The van der Waals surface area contributed by atoms with E-state index in [0.717, 1.165) is 17.9 Å². The van der Waals surface area contributed by atoms with Gasteiger partial charge in [-0.3, -0.25) is 4.79 Å². The summed E-state index contributed by atoms with van der Waals surface area (Å²) in [6.45, 7) is 4.76. The van der Waals surface area contributed by atoms with Crippen molar-refractivity contribution >= 4 is 17.7 Å². The SMILES string of the molecule is C/C=C/CCNC(=O)CSc1ccc(C)cc1. The summed E-state index contributed by atoms with van der Waals surface area (Å²) < 4.78 is 0. The number of thioether (sulfide) groups is 1. The third-order valence-corrected chi connectivity index (χ3v) is 3.27. The van der Waals surface area contributed by atoms with E-state index < -0.39 is 0 Å². The van der Waals surface area contributed by atoms with Gasteiger partial charge in [0.05, 0.1) is 5.75 Å². The molecule has 0 saturated heterocycles. The summed E-state index contributed by atoms with van der Waals surface area (Å²) >= 11 is 1.57. The van der Waals surface area contributed by atoms with Gasteiger partial charge in [0.15, 0.2) is 0 Å². The molecular weight excluding hydrogens is 230 g/mol. The van der Waals surface area contributed by atoms with Crippen LogP contribution in [0.1, 0.15) is 18.9 Å². The second-order valence-corrected chi connectivity index (χ2v) is 4.86. The summed E-state index contributed by atoms with van der Waals surface area (Å²) in [6.07, 6.45) is 4.94. The van der Waals surface area contributed by atoms with E-state index in [9.17, 15) is 4.79 Å². The Morgan fingerprint density at radius 1 is 1.35 bits per heavy atom. The highest BCUT2D eigenvalue weighted by Gasteiger charge is 2.01. The van der Waals surface area contributed by atoms with Crippen molar-refractivity contribution in [2.24, 2.45) is 0 Å². The maximum atomic E-state index is 11.5. The van der Waals surface area contributed by atoms with E-state index in [1.165, 1.54) is 5.56 Å². The fourth-order valence-corrected chi connectivity index (χ4v) is 2.02. The summed E-state index contributed by atoms with van der Waals surface area (Å²) in [5.74, 6) is 0.582. The number of benzene rings is 1. The number of carbonyl (C=O) groups is 1. The molecule has 0 bridgehead atoms. The zero-order valence-corrected chi connectivity index (χ0v) is 11.2. The van der Waals surface area contributed by atoms with Crippen LogP contribution in [0.2, 0.25) is 0 Å². The molecule has 0 spiro atoms. The summed E-state index contributed by atoms with van der Waals surface area (Å²) in [4.78, 5) is 12.6. The first kappa shape index (κ1) is 13.8. The average Bonchev–Trinajstić information content (AvgIpc) is 2.34. The standard InChI is InChI=1S/C14H19NOS/c1-3-4-5-10-15-14(16)11-17-13-8-6-12(2)7-9-13/h3-4,6-9H,5,10-11H2,1-2H3,(H,15,16)/b4-3+. The molecule has 17 heavy (non-hydrogen) atoms. The molecule has 0 aliphatic rings. The maximum Gasteiger partial charge on any atom is 0.230 e. The lowest BCUT2D eigenvalue weighted by Gasteiger charge is -2.03. The number of nitrogens with one attached hydrogen (secondary N) is 1. The number of hydrogen-bond acceptors (Lipinski definition) is 2. The molecular formula is C14H19NOS. The van der Waals surface area contributed by atoms with Crippen molar-refractivity contribution in [3.63, 3.8) is 0 Å². The van der Waals surface area contributed by atoms with Crippen molar-refractivity contribution < 1.29 is 4.79 Å². The van der Waals surface area contributed by atoms with Crippen molar-refractivity contribution in [3.8, 4) is 0 Å². The first-order chi connectivity index (χ1) is 8.22. The maximum absolute atomic E-state index is 11.5. The minimum absolute atomic E-state index is 0.0973. The summed E-state index contributed by atoms with van der Waals surface area (Å²) in [5, 5.41) is 2.89. The van der Waals surface area contributed by atoms with Crippen LogP contribution in [0.4, 0.5) is 0 Å². The topological polar surface area (TPSA) is 29.1 Å². The molecule has 0 aromatic heterocycles. The van der Waals surface area contributed by atoms with Crippen molar-refractivity contribution in [1.82, 2.24) is 5.32 Å². The highest BCUT2D eigenvalue weighted by molar-refractivity contribution is 8.00. The molecule has 0 radical (unpaired) electrons. The molecule has 0 saturated carbocycles. The van der Waals surface area contributed by atoms with Gasteiger partial charge in [-0.2, -0.15) is 0 Å². The molecule has 0 aliphatic heterocycles. The smallest absolute Gasteiger partial charge is 0.230 e. The van der Waals surface area contributed by atoms with Gasteiger partial charge >= 0.3 is 0 Å². The molecule has 0 aliphatic carbocycles. The minimum atomic E-state index is 0.0973. The second kappa shape index (κ2) is 7.96. The zero-order valence-electron chi connectivity index (χ0n) is 10.4. The fourth-order valence-electron chi connectivity index (χ4n) is 1.30. The summed E-state index contributed by atoms with van der Waals surface area (Å²) in [6, 6.07) is 8.22. The lowest BCUT2D eigenvalue weighted by Crippen LogP contribution is -2.25. The van der Waals surface area contributed by atoms with Crippen LogP contribution in [0.15, 0.2) is 41.3 Å². The number of allylic oxidation sites excluding steroid dienone is 1. The first-order valence-electron chi connectivity index (χ1n) is 5.79. The van der Waals surface area contributed by atoms with Crippen molar-refractivity contribution in [3.05, 3.63) is 42.0 Å². The highest BCUT2D eigenvalue weighted by Crippen LogP contribution is 2.17. The van der Waals surface area contributed by atoms with E-state index in [0.29, 0.717) is 5.75 Å². The van der Waals surface area contributed by atoms with Gasteiger partial charge in [-0.1, -0.05) is 29.8 Å². The van der Waals surface area contributed by atoms with Crippen LogP contribution in [-0.2, 0) is 4.79 Å². The molecule has 3 heteroatoms. The van der Waals surface area contributed by atoms with E-state index in [1.807, 2.05) is 31.2 Å². The lowest BCUT2D eigenvalue weighted by atomic mass is 10.2. The molecule has 0 unspecified atom stereocenters. The Morgan fingerprint density at radius 2 is 2.06 bits per heavy atom. The van der Waals surface area contributed by atoms with Crippen LogP contribution in [0, 0.1) is 6.92 Å². The van der Waals surface area contributed by atoms with Gasteiger partial charge in [-0.05, 0) is 32.4 Å². The van der Waals surface area contributed by atoms with Crippen LogP contribution in [-0.4, -0.2) is 18.2 Å². The zero-order chi connectivity index (χ0) is 12.5. The largest absolute Gasteiger partial charge is 0.355 e. The van der Waals surface area contributed by atoms with Crippen molar-refractivity contribution in [2.45, 2.75) is 25.2 Å². The van der Waals surface area contributed by atoms with Gasteiger partial charge in [0.2, 0.25) is 5.91 Å². The fraction of sp³-hybridized carbons (Fsp3) is 0.357. The Labute approximate surface area is 107 Å². The molecule has 1 rings (SSSR count). The van der Waals surface area contributed by atoms with E-state index in [1.54, 1.807) is 11.8 Å². The average molecular weight is 249 g/mol. The number of aryl methyl sites for hydroxylation is 1. The normalized spacial score (nSPS) is 10.7. The molecule has 1 aromatic rings.